The van der Waals surface area contributed by atoms with Crippen LogP contribution in [0, 0.1) is 11.8 Å². The van der Waals surface area contributed by atoms with Gasteiger partial charge < -0.3 is 5.32 Å². The van der Waals surface area contributed by atoms with Crippen LogP contribution in [0.25, 0.3) is 0 Å². The maximum absolute atomic E-state index is 4.47. The monoisotopic (exact) mass is 263 g/mol. The highest BCUT2D eigenvalue weighted by Crippen LogP contribution is 2.41. The molecule has 108 valence electrons. The maximum atomic E-state index is 4.47. The molecule has 1 heterocycles. The van der Waals surface area contributed by atoms with E-state index in [2.05, 4.69) is 42.1 Å². The number of aromatic nitrogens is 2. The van der Waals surface area contributed by atoms with Crippen LogP contribution in [0.3, 0.4) is 0 Å². The highest BCUT2D eigenvalue weighted by Gasteiger charge is 2.32. The summed E-state index contributed by atoms with van der Waals surface area (Å²) in [6.45, 7) is 6.63. The van der Waals surface area contributed by atoms with E-state index in [0.717, 1.165) is 24.9 Å². The smallest absolute Gasteiger partial charge is 0.0492 e. The molecule has 19 heavy (non-hydrogen) atoms. The number of hydrogen-bond acceptors (Lipinski definition) is 2. The molecule has 1 aliphatic rings. The quantitative estimate of drug-likeness (QED) is 0.852. The number of aryl methyl sites for hydroxylation is 1. The van der Waals surface area contributed by atoms with Gasteiger partial charge in [-0.05, 0) is 51.3 Å². The minimum absolute atomic E-state index is 0.695. The number of hydrogen-bond donors (Lipinski definition) is 1. The summed E-state index contributed by atoms with van der Waals surface area (Å²) in [7, 11) is 2.08. The number of rotatable bonds is 6. The molecule has 1 aromatic heterocycles. The first kappa shape index (κ1) is 14.6. The average Bonchev–Trinajstić information content (AvgIpc) is 2.89. The Labute approximate surface area is 117 Å². The summed E-state index contributed by atoms with van der Waals surface area (Å²) in [5.74, 6) is 2.39. The van der Waals surface area contributed by atoms with Crippen LogP contribution >= 0.6 is 0 Å². The summed E-state index contributed by atoms with van der Waals surface area (Å²) in [5, 5.41) is 7.86. The Morgan fingerprint density at radius 3 is 2.89 bits per heavy atom. The van der Waals surface area contributed by atoms with Crippen molar-refractivity contribution in [1.82, 2.24) is 15.1 Å². The molecule has 0 saturated heterocycles. The standard InChI is InChI=1S/C16H29N3/c1-4-6-13-7-8-14(12-17-3)15(11-13)16-9-10-18-19(16)5-2/h9-10,13-15,17H,4-8,11-12H2,1-3H3. The highest BCUT2D eigenvalue weighted by molar-refractivity contribution is 5.11. The van der Waals surface area contributed by atoms with Crippen molar-refractivity contribution in [3.05, 3.63) is 18.0 Å². The van der Waals surface area contributed by atoms with Gasteiger partial charge in [0, 0.05) is 24.4 Å². The van der Waals surface area contributed by atoms with Gasteiger partial charge in [-0.15, -0.1) is 0 Å². The van der Waals surface area contributed by atoms with Crippen molar-refractivity contribution >= 4 is 0 Å². The Kier molecular flexibility index (Phi) is 5.44. The Balaban J connectivity index is 2.15. The van der Waals surface area contributed by atoms with E-state index in [9.17, 15) is 0 Å². The molecule has 1 aromatic rings. The van der Waals surface area contributed by atoms with Gasteiger partial charge in [-0.2, -0.15) is 5.10 Å². The van der Waals surface area contributed by atoms with E-state index >= 15 is 0 Å². The minimum atomic E-state index is 0.695. The van der Waals surface area contributed by atoms with Gasteiger partial charge in [0.1, 0.15) is 0 Å². The second kappa shape index (κ2) is 7.09. The van der Waals surface area contributed by atoms with Crippen LogP contribution in [0.5, 0.6) is 0 Å². The first-order valence-electron chi connectivity index (χ1n) is 7.96. The fourth-order valence-electron chi connectivity index (χ4n) is 3.78. The molecule has 0 amide bonds. The summed E-state index contributed by atoms with van der Waals surface area (Å²) in [6.07, 6.45) is 8.82. The lowest BCUT2D eigenvalue weighted by atomic mass is 9.71. The van der Waals surface area contributed by atoms with Crippen molar-refractivity contribution in [2.45, 2.75) is 58.4 Å². The van der Waals surface area contributed by atoms with Gasteiger partial charge in [0.05, 0.1) is 0 Å². The topological polar surface area (TPSA) is 29.9 Å². The molecule has 1 aliphatic carbocycles. The van der Waals surface area contributed by atoms with Crippen LogP contribution in [0.1, 0.15) is 57.6 Å². The molecule has 3 unspecified atom stereocenters. The Bertz CT molecular complexity index is 372. The first-order valence-corrected chi connectivity index (χ1v) is 7.96. The Morgan fingerprint density at radius 1 is 1.37 bits per heavy atom. The minimum Gasteiger partial charge on any atom is -0.319 e. The molecular formula is C16H29N3. The van der Waals surface area contributed by atoms with Gasteiger partial charge in [0.25, 0.3) is 0 Å². The molecule has 0 aromatic carbocycles. The summed E-state index contributed by atoms with van der Waals surface area (Å²) in [6, 6.07) is 2.24. The van der Waals surface area contributed by atoms with Crippen LogP contribution < -0.4 is 5.32 Å². The third-order valence-corrected chi connectivity index (χ3v) is 4.69. The molecule has 0 radical (unpaired) electrons. The van der Waals surface area contributed by atoms with Crippen LogP contribution in [0.2, 0.25) is 0 Å². The zero-order valence-electron chi connectivity index (χ0n) is 12.7. The van der Waals surface area contributed by atoms with E-state index in [-0.39, 0.29) is 0 Å². The van der Waals surface area contributed by atoms with E-state index < -0.39 is 0 Å². The zero-order valence-corrected chi connectivity index (χ0v) is 12.7. The zero-order chi connectivity index (χ0) is 13.7. The second-order valence-corrected chi connectivity index (χ2v) is 5.96. The molecule has 3 atom stereocenters. The lowest BCUT2D eigenvalue weighted by Gasteiger charge is -2.36. The van der Waals surface area contributed by atoms with Gasteiger partial charge in [-0.3, -0.25) is 4.68 Å². The Hall–Kier alpha value is -0.830. The van der Waals surface area contributed by atoms with E-state index in [1.54, 1.807) is 0 Å². The van der Waals surface area contributed by atoms with E-state index in [0.29, 0.717) is 5.92 Å². The lowest BCUT2D eigenvalue weighted by molar-refractivity contribution is 0.215. The van der Waals surface area contributed by atoms with Crippen molar-refractivity contribution in [1.29, 1.82) is 0 Å². The molecular weight excluding hydrogens is 234 g/mol. The predicted octanol–water partition coefficient (Wildman–Crippen LogP) is 3.42. The van der Waals surface area contributed by atoms with E-state index in [1.165, 1.54) is 37.8 Å². The van der Waals surface area contributed by atoms with Crippen molar-refractivity contribution in [2.24, 2.45) is 11.8 Å². The molecule has 3 nitrogen and oxygen atoms in total. The first-order chi connectivity index (χ1) is 9.30. The summed E-state index contributed by atoms with van der Waals surface area (Å²) in [5.41, 5.74) is 1.46. The molecule has 0 aliphatic heterocycles. The predicted molar refractivity (Wildman–Crippen MR) is 80.3 cm³/mol. The van der Waals surface area contributed by atoms with Gasteiger partial charge >= 0.3 is 0 Å². The van der Waals surface area contributed by atoms with Crippen molar-refractivity contribution < 1.29 is 0 Å². The molecule has 3 heteroatoms. The largest absolute Gasteiger partial charge is 0.319 e. The number of nitrogens with one attached hydrogen (secondary N) is 1. The average molecular weight is 263 g/mol. The normalized spacial score (nSPS) is 27.6. The fourth-order valence-corrected chi connectivity index (χ4v) is 3.78. The van der Waals surface area contributed by atoms with Crippen LogP contribution in [-0.4, -0.2) is 23.4 Å². The molecule has 1 saturated carbocycles. The summed E-state index contributed by atoms with van der Waals surface area (Å²) < 4.78 is 2.20. The Morgan fingerprint density at radius 2 is 2.21 bits per heavy atom. The van der Waals surface area contributed by atoms with Crippen LogP contribution in [-0.2, 0) is 6.54 Å². The van der Waals surface area contributed by atoms with Crippen molar-refractivity contribution in [3.63, 3.8) is 0 Å². The SMILES string of the molecule is CCCC1CCC(CNC)C(c2ccnn2CC)C1. The van der Waals surface area contributed by atoms with Gasteiger partial charge in [0.2, 0.25) is 0 Å². The third kappa shape index (κ3) is 3.38. The molecule has 0 bridgehead atoms. The second-order valence-electron chi connectivity index (χ2n) is 5.96. The molecule has 1 N–H and O–H groups in total. The van der Waals surface area contributed by atoms with Crippen molar-refractivity contribution in [3.8, 4) is 0 Å². The fraction of sp³-hybridized carbons (Fsp3) is 0.812. The lowest BCUT2D eigenvalue weighted by Crippen LogP contribution is -2.31. The van der Waals surface area contributed by atoms with Gasteiger partial charge in [0.15, 0.2) is 0 Å². The summed E-state index contributed by atoms with van der Waals surface area (Å²) >= 11 is 0. The van der Waals surface area contributed by atoms with E-state index in [4.69, 9.17) is 0 Å². The third-order valence-electron chi connectivity index (χ3n) is 4.69. The van der Waals surface area contributed by atoms with Crippen LogP contribution in [0.15, 0.2) is 12.3 Å². The molecule has 2 rings (SSSR count). The van der Waals surface area contributed by atoms with Crippen LogP contribution in [0.4, 0.5) is 0 Å². The maximum Gasteiger partial charge on any atom is 0.0492 e. The van der Waals surface area contributed by atoms with Gasteiger partial charge in [-0.25, -0.2) is 0 Å². The van der Waals surface area contributed by atoms with Crippen molar-refractivity contribution in [2.75, 3.05) is 13.6 Å². The van der Waals surface area contributed by atoms with Gasteiger partial charge in [-0.1, -0.05) is 26.2 Å². The molecule has 1 fully saturated rings. The van der Waals surface area contributed by atoms with E-state index in [1.807, 2.05) is 6.20 Å². The number of nitrogens with zero attached hydrogens (tertiary/aromatic N) is 2. The molecule has 0 spiro atoms. The highest BCUT2D eigenvalue weighted by atomic mass is 15.3. The summed E-state index contributed by atoms with van der Waals surface area (Å²) in [4.78, 5) is 0.